The molecule has 6 nitrogen and oxygen atoms in total. The topological polar surface area (TPSA) is 78.9 Å². The van der Waals surface area contributed by atoms with Crippen molar-refractivity contribution in [1.29, 1.82) is 0 Å². The van der Waals surface area contributed by atoms with Gasteiger partial charge in [-0.15, -0.1) is 0 Å². The van der Waals surface area contributed by atoms with Gasteiger partial charge in [-0.1, -0.05) is 278 Å². The summed E-state index contributed by atoms with van der Waals surface area (Å²) in [7, 11) is 0. The molecule has 0 bridgehead atoms. The lowest BCUT2D eigenvalue weighted by atomic mass is 10.0. The summed E-state index contributed by atoms with van der Waals surface area (Å²) >= 11 is 0. The fraction of sp³-hybridized carbons (Fsp3) is 0.687. The van der Waals surface area contributed by atoms with Gasteiger partial charge in [0, 0.05) is 19.3 Å². The van der Waals surface area contributed by atoms with Crippen LogP contribution >= 0.6 is 0 Å². The first-order chi connectivity index (χ1) is 36.0. The second kappa shape index (κ2) is 60.6. The normalized spacial score (nSPS) is 12.9. The number of ether oxygens (including phenoxy) is 3. The highest BCUT2D eigenvalue weighted by Gasteiger charge is 2.19. The fourth-order valence-electron chi connectivity index (χ4n) is 8.31. The molecule has 0 saturated carbocycles. The van der Waals surface area contributed by atoms with Crippen molar-refractivity contribution >= 4 is 17.9 Å². The van der Waals surface area contributed by atoms with Crippen LogP contribution < -0.4 is 0 Å². The van der Waals surface area contributed by atoms with Crippen LogP contribution in [0, 0.1) is 0 Å². The van der Waals surface area contributed by atoms with Gasteiger partial charge in [0.15, 0.2) is 6.10 Å². The van der Waals surface area contributed by atoms with Gasteiger partial charge in [0.05, 0.1) is 0 Å². The first-order valence-electron chi connectivity index (χ1n) is 30.4. The Hall–Kier alpha value is -3.93. The lowest BCUT2D eigenvalue weighted by Gasteiger charge is -2.18. The summed E-state index contributed by atoms with van der Waals surface area (Å²) in [5.74, 6) is -0.989. The molecule has 6 heteroatoms. The third kappa shape index (κ3) is 58.8. The molecule has 0 aromatic carbocycles. The number of esters is 3. The Morgan fingerprint density at radius 2 is 0.562 bits per heavy atom. The number of hydrogen-bond acceptors (Lipinski definition) is 6. The van der Waals surface area contributed by atoms with E-state index in [0.29, 0.717) is 19.3 Å². The van der Waals surface area contributed by atoms with Crippen LogP contribution in [0.5, 0.6) is 0 Å². The molecular formula is C67H112O6. The summed E-state index contributed by atoms with van der Waals surface area (Å²) in [4.78, 5) is 38.2. The predicted molar refractivity (Wildman–Crippen MR) is 316 cm³/mol. The summed E-state index contributed by atoms with van der Waals surface area (Å²) < 4.78 is 16.8. The molecule has 0 amide bonds. The van der Waals surface area contributed by atoms with Gasteiger partial charge in [-0.25, -0.2) is 0 Å². The Morgan fingerprint density at radius 3 is 0.918 bits per heavy atom. The van der Waals surface area contributed by atoms with Gasteiger partial charge < -0.3 is 14.2 Å². The molecule has 0 aliphatic carbocycles. The molecule has 0 saturated heterocycles. The molecule has 73 heavy (non-hydrogen) atoms. The quantitative estimate of drug-likeness (QED) is 0.0261. The molecule has 0 aliphatic heterocycles. The summed E-state index contributed by atoms with van der Waals surface area (Å²) in [6, 6.07) is 0. The van der Waals surface area contributed by atoms with E-state index in [-0.39, 0.29) is 37.5 Å². The maximum Gasteiger partial charge on any atom is 0.306 e. The maximum absolute atomic E-state index is 12.9. The van der Waals surface area contributed by atoms with Crippen molar-refractivity contribution in [2.24, 2.45) is 0 Å². The molecule has 1 atom stereocenters. The fourth-order valence-corrected chi connectivity index (χ4v) is 8.31. The summed E-state index contributed by atoms with van der Waals surface area (Å²) in [5, 5.41) is 0. The smallest absolute Gasteiger partial charge is 0.306 e. The molecule has 0 heterocycles. The third-order valence-electron chi connectivity index (χ3n) is 12.8. The van der Waals surface area contributed by atoms with Crippen molar-refractivity contribution in [3.05, 3.63) is 109 Å². The second-order valence-electron chi connectivity index (χ2n) is 19.9. The van der Waals surface area contributed by atoms with Crippen LogP contribution in [0.2, 0.25) is 0 Å². The molecule has 0 aromatic heterocycles. The molecule has 0 rings (SSSR count). The van der Waals surface area contributed by atoms with E-state index in [1.54, 1.807) is 0 Å². The largest absolute Gasteiger partial charge is 0.462 e. The zero-order chi connectivity index (χ0) is 52.9. The first kappa shape index (κ1) is 69.1. The predicted octanol–water partition coefficient (Wildman–Crippen LogP) is 20.7. The minimum Gasteiger partial charge on any atom is -0.462 e. The molecule has 416 valence electrons. The Labute approximate surface area is 450 Å². The number of unbranched alkanes of at least 4 members (excludes halogenated alkanes) is 25. The molecule has 0 spiro atoms. The molecule has 0 aromatic rings. The van der Waals surface area contributed by atoms with Gasteiger partial charge in [-0.05, 0) is 89.9 Å². The number of hydrogen-bond donors (Lipinski definition) is 0. The van der Waals surface area contributed by atoms with Crippen molar-refractivity contribution in [3.8, 4) is 0 Å². The van der Waals surface area contributed by atoms with Crippen molar-refractivity contribution in [3.63, 3.8) is 0 Å². The molecule has 0 fully saturated rings. The highest BCUT2D eigenvalue weighted by molar-refractivity contribution is 5.71. The van der Waals surface area contributed by atoms with E-state index >= 15 is 0 Å². The Morgan fingerprint density at radius 1 is 0.288 bits per heavy atom. The van der Waals surface area contributed by atoms with Crippen molar-refractivity contribution in [2.75, 3.05) is 13.2 Å². The number of rotatable bonds is 54. The Kier molecular flexibility index (Phi) is 57.4. The summed E-state index contributed by atoms with van der Waals surface area (Å²) in [5.41, 5.74) is 0. The van der Waals surface area contributed by atoms with E-state index < -0.39 is 6.10 Å². The summed E-state index contributed by atoms with van der Waals surface area (Å²) in [6.07, 6.45) is 82.4. The van der Waals surface area contributed by atoms with Crippen LogP contribution in [0.25, 0.3) is 0 Å². The van der Waals surface area contributed by atoms with E-state index in [2.05, 4.69) is 124 Å². The number of carbonyl (C=O) groups excluding carboxylic acids is 3. The van der Waals surface area contributed by atoms with Crippen LogP contribution in [0.1, 0.15) is 278 Å². The molecule has 0 N–H and O–H groups in total. The van der Waals surface area contributed by atoms with Gasteiger partial charge in [0.2, 0.25) is 0 Å². The zero-order valence-electron chi connectivity index (χ0n) is 47.6. The standard InChI is InChI=1S/C67H112O6/c1-4-7-10-13-16-19-22-25-28-31-33-36-39-42-45-48-51-54-57-60-66(69)72-63-64(62-71-65(68)59-56-53-50-47-44-41-38-35-30-27-24-21-18-15-12-9-6-3)73-67(70)61-58-55-52-49-46-43-40-37-34-32-29-26-23-20-17-14-11-8-5-2/h7-8,10-11,16-17,19-20,25-26,28-29,33,36,42,45,51,54,64H,4-6,9,12-15,18,21-24,27,30-32,34-35,37-41,43-44,46-50,52-53,55-63H2,1-3H3/b10-7-,11-8-,19-16-,20-17-,28-25-,29-26-,36-33-,45-42-,54-51-. The van der Waals surface area contributed by atoms with Crippen molar-refractivity contribution in [2.45, 2.75) is 284 Å². The van der Waals surface area contributed by atoms with Gasteiger partial charge in [0.1, 0.15) is 13.2 Å². The Bertz CT molecular complexity index is 1490. The lowest BCUT2D eigenvalue weighted by molar-refractivity contribution is -0.166. The zero-order valence-corrected chi connectivity index (χ0v) is 47.6. The highest BCUT2D eigenvalue weighted by atomic mass is 16.6. The van der Waals surface area contributed by atoms with Gasteiger partial charge >= 0.3 is 17.9 Å². The maximum atomic E-state index is 12.9. The molecule has 1 unspecified atom stereocenters. The summed E-state index contributed by atoms with van der Waals surface area (Å²) in [6.45, 7) is 6.37. The number of allylic oxidation sites excluding steroid dienone is 18. The van der Waals surface area contributed by atoms with Crippen molar-refractivity contribution < 1.29 is 28.6 Å². The monoisotopic (exact) mass is 1010 g/mol. The van der Waals surface area contributed by atoms with Gasteiger partial charge in [0.25, 0.3) is 0 Å². The molecule has 0 radical (unpaired) electrons. The van der Waals surface area contributed by atoms with E-state index in [1.165, 1.54) is 128 Å². The highest BCUT2D eigenvalue weighted by Crippen LogP contribution is 2.16. The number of carbonyl (C=O) groups is 3. The van der Waals surface area contributed by atoms with Gasteiger partial charge in [-0.3, -0.25) is 14.4 Å². The van der Waals surface area contributed by atoms with Crippen LogP contribution in [-0.4, -0.2) is 37.2 Å². The van der Waals surface area contributed by atoms with Crippen molar-refractivity contribution in [1.82, 2.24) is 0 Å². The molecular weight excluding hydrogens is 901 g/mol. The Balaban J connectivity index is 4.49. The minimum atomic E-state index is -0.813. The van der Waals surface area contributed by atoms with Crippen LogP contribution in [0.15, 0.2) is 109 Å². The van der Waals surface area contributed by atoms with Crippen LogP contribution in [-0.2, 0) is 28.6 Å². The SMILES string of the molecule is CC/C=C\C/C=C\C/C=C\C/C=C\C/C=C\C/C=C\CCC(=O)OCC(COC(=O)CCCCCCCCCCCCCCCCCCC)OC(=O)CCCCCCCCCCC/C=C\C/C=C\C/C=C\CC. The minimum absolute atomic E-state index is 0.102. The van der Waals surface area contributed by atoms with E-state index in [9.17, 15) is 14.4 Å². The van der Waals surface area contributed by atoms with E-state index in [4.69, 9.17) is 14.2 Å². The average molecular weight is 1010 g/mol. The van der Waals surface area contributed by atoms with Crippen LogP contribution in [0.4, 0.5) is 0 Å². The van der Waals surface area contributed by atoms with E-state index in [1.807, 2.05) is 6.08 Å². The first-order valence-corrected chi connectivity index (χ1v) is 30.4. The average Bonchev–Trinajstić information content (AvgIpc) is 3.39. The van der Waals surface area contributed by atoms with Gasteiger partial charge in [-0.2, -0.15) is 0 Å². The van der Waals surface area contributed by atoms with E-state index in [0.717, 1.165) is 103 Å². The molecule has 0 aliphatic rings. The van der Waals surface area contributed by atoms with Crippen LogP contribution in [0.3, 0.4) is 0 Å². The second-order valence-corrected chi connectivity index (χ2v) is 19.9. The third-order valence-corrected chi connectivity index (χ3v) is 12.8. The lowest BCUT2D eigenvalue weighted by Crippen LogP contribution is -2.30.